The van der Waals surface area contributed by atoms with Crippen molar-refractivity contribution in [3.05, 3.63) is 0 Å². The Kier molecular flexibility index (Phi) is 3.33. The van der Waals surface area contributed by atoms with E-state index in [1.807, 2.05) is 0 Å². The number of hydrogen-bond acceptors (Lipinski definition) is 2. The van der Waals surface area contributed by atoms with Crippen LogP contribution in [0.3, 0.4) is 0 Å². The Balaban J connectivity index is 2.05. The van der Waals surface area contributed by atoms with E-state index < -0.39 is 0 Å². The molecule has 1 aliphatic carbocycles. The number of nitrogens with one attached hydrogen (secondary N) is 1. The van der Waals surface area contributed by atoms with E-state index in [0.29, 0.717) is 11.1 Å². The fourth-order valence-corrected chi connectivity index (χ4v) is 3.16. The third-order valence-electron chi connectivity index (χ3n) is 5.20. The molecule has 0 amide bonds. The second-order valence-electron chi connectivity index (χ2n) is 6.24. The van der Waals surface area contributed by atoms with Crippen molar-refractivity contribution in [2.24, 2.45) is 5.92 Å². The van der Waals surface area contributed by atoms with Crippen LogP contribution in [0.1, 0.15) is 53.4 Å². The van der Waals surface area contributed by atoms with E-state index in [9.17, 15) is 0 Å². The lowest BCUT2D eigenvalue weighted by molar-refractivity contribution is 0.0281. The molecule has 2 aliphatic rings. The Hall–Kier alpha value is -0.0800. The summed E-state index contributed by atoms with van der Waals surface area (Å²) in [5.41, 5.74) is 0.808. The zero-order valence-corrected chi connectivity index (χ0v) is 11.5. The predicted molar refractivity (Wildman–Crippen MR) is 69.7 cm³/mol. The van der Waals surface area contributed by atoms with E-state index in [0.717, 1.165) is 5.92 Å². The molecule has 1 saturated heterocycles. The zero-order chi connectivity index (χ0) is 11.8. The maximum atomic E-state index is 3.77. The summed E-state index contributed by atoms with van der Waals surface area (Å²) < 4.78 is 0. The molecule has 2 fully saturated rings. The highest BCUT2D eigenvalue weighted by Gasteiger charge is 2.46. The van der Waals surface area contributed by atoms with Crippen LogP contribution in [0.5, 0.6) is 0 Å². The Bertz CT molecular complexity index is 243. The van der Waals surface area contributed by atoms with E-state index in [1.54, 1.807) is 0 Å². The molecular weight excluding hydrogens is 196 g/mol. The van der Waals surface area contributed by atoms with Gasteiger partial charge in [-0.25, -0.2) is 0 Å². The summed E-state index contributed by atoms with van der Waals surface area (Å²) in [5, 5.41) is 3.77. The highest BCUT2D eigenvalue weighted by atomic mass is 15.3. The van der Waals surface area contributed by atoms with Gasteiger partial charge in [-0.3, -0.25) is 4.90 Å². The highest BCUT2D eigenvalue weighted by molar-refractivity contribution is 5.04. The second-order valence-corrected chi connectivity index (χ2v) is 6.24. The first-order valence-corrected chi connectivity index (χ1v) is 7.04. The summed E-state index contributed by atoms with van der Waals surface area (Å²) in [4.78, 5) is 2.74. The minimum Gasteiger partial charge on any atom is -0.309 e. The molecule has 1 heterocycles. The van der Waals surface area contributed by atoms with Gasteiger partial charge in [-0.15, -0.1) is 0 Å². The van der Waals surface area contributed by atoms with Crippen molar-refractivity contribution in [3.63, 3.8) is 0 Å². The summed E-state index contributed by atoms with van der Waals surface area (Å²) in [7, 11) is 0. The molecule has 16 heavy (non-hydrogen) atoms. The van der Waals surface area contributed by atoms with Crippen LogP contribution in [0.4, 0.5) is 0 Å². The molecule has 0 spiro atoms. The standard InChI is InChI=1S/C14H28N2/c1-5-13(3,6-2)16-10-9-15-14(4,11-16)12-7-8-12/h12,15H,5-11H2,1-4H3. The second kappa shape index (κ2) is 4.30. The molecule has 1 aliphatic heterocycles. The molecule has 2 heteroatoms. The van der Waals surface area contributed by atoms with Gasteiger partial charge in [0.25, 0.3) is 0 Å². The molecular formula is C14H28N2. The quantitative estimate of drug-likeness (QED) is 0.790. The van der Waals surface area contributed by atoms with Crippen LogP contribution >= 0.6 is 0 Å². The molecule has 2 nitrogen and oxygen atoms in total. The average Bonchev–Trinajstić information content (AvgIpc) is 3.12. The van der Waals surface area contributed by atoms with Gasteiger partial charge in [-0.1, -0.05) is 13.8 Å². The Labute approximate surface area is 101 Å². The topological polar surface area (TPSA) is 15.3 Å². The normalized spacial score (nSPS) is 33.0. The zero-order valence-electron chi connectivity index (χ0n) is 11.5. The lowest BCUT2D eigenvalue weighted by Crippen LogP contribution is -2.64. The summed E-state index contributed by atoms with van der Waals surface area (Å²) >= 11 is 0. The average molecular weight is 224 g/mol. The molecule has 0 aromatic heterocycles. The number of nitrogens with zero attached hydrogens (tertiary/aromatic N) is 1. The molecule has 0 aromatic carbocycles. The minimum absolute atomic E-state index is 0.393. The van der Waals surface area contributed by atoms with Crippen LogP contribution in [0.2, 0.25) is 0 Å². The summed E-state index contributed by atoms with van der Waals surface area (Å²) in [6.07, 6.45) is 5.41. The van der Waals surface area contributed by atoms with Crippen molar-refractivity contribution >= 4 is 0 Å². The highest BCUT2D eigenvalue weighted by Crippen LogP contribution is 2.42. The molecule has 94 valence electrons. The molecule has 0 bridgehead atoms. The van der Waals surface area contributed by atoms with E-state index >= 15 is 0 Å². The van der Waals surface area contributed by atoms with Crippen molar-refractivity contribution in [1.29, 1.82) is 0 Å². The van der Waals surface area contributed by atoms with Crippen molar-refractivity contribution in [3.8, 4) is 0 Å². The van der Waals surface area contributed by atoms with E-state index in [1.165, 1.54) is 45.3 Å². The van der Waals surface area contributed by atoms with Gasteiger partial charge < -0.3 is 5.32 Å². The van der Waals surface area contributed by atoms with E-state index in [4.69, 9.17) is 0 Å². The van der Waals surface area contributed by atoms with Crippen molar-refractivity contribution in [2.75, 3.05) is 19.6 Å². The van der Waals surface area contributed by atoms with Gasteiger partial charge >= 0.3 is 0 Å². The summed E-state index contributed by atoms with van der Waals surface area (Å²) in [6, 6.07) is 0. The molecule has 0 radical (unpaired) electrons. The van der Waals surface area contributed by atoms with Gasteiger partial charge in [0, 0.05) is 30.7 Å². The fraction of sp³-hybridized carbons (Fsp3) is 1.00. The van der Waals surface area contributed by atoms with Crippen molar-refractivity contribution in [1.82, 2.24) is 10.2 Å². The molecule has 1 N–H and O–H groups in total. The molecule has 1 unspecified atom stereocenters. The van der Waals surface area contributed by atoms with Gasteiger partial charge in [-0.2, -0.15) is 0 Å². The maximum Gasteiger partial charge on any atom is 0.0309 e. The summed E-state index contributed by atoms with van der Waals surface area (Å²) in [5.74, 6) is 0.938. The van der Waals surface area contributed by atoms with Crippen LogP contribution in [0.25, 0.3) is 0 Å². The number of piperazine rings is 1. The van der Waals surface area contributed by atoms with Crippen LogP contribution in [0, 0.1) is 5.92 Å². The van der Waals surface area contributed by atoms with E-state index in [-0.39, 0.29) is 0 Å². The Morgan fingerprint density at radius 1 is 1.31 bits per heavy atom. The largest absolute Gasteiger partial charge is 0.309 e. The summed E-state index contributed by atoms with van der Waals surface area (Å²) in [6.45, 7) is 13.2. The first-order chi connectivity index (χ1) is 7.54. The van der Waals surface area contributed by atoms with Crippen LogP contribution in [0.15, 0.2) is 0 Å². The molecule has 2 rings (SSSR count). The predicted octanol–water partition coefficient (Wildman–Crippen LogP) is 2.64. The number of hydrogen-bond donors (Lipinski definition) is 1. The lowest BCUT2D eigenvalue weighted by Gasteiger charge is -2.50. The third-order valence-corrected chi connectivity index (χ3v) is 5.20. The van der Waals surface area contributed by atoms with Gasteiger partial charge in [0.2, 0.25) is 0 Å². The lowest BCUT2D eigenvalue weighted by atomic mass is 9.86. The van der Waals surface area contributed by atoms with Crippen molar-refractivity contribution < 1.29 is 0 Å². The third kappa shape index (κ3) is 2.14. The van der Waals surface area contributed by atoms with Crippen molar-refractivity contribution in [2.45, 2.75) is 64.5 Å². The van der Waals surface area contributed by atoms with Gasteiger partial charge in [0.1, 0.15) is 0 Å². The minimum atomic E-state index is 0.393. The van der Waals surface area contributed by atoms with Crippen LogP contribution in [-0.2, 0) is 0 Å². The monoisotopic (exact) mass is 224 g/mol. The van der Waals surface area contributed by atoms with Crippen LogP contribution < -0.4 is 5.32 Å². The number of rotatable bonds is 4. The first-order valence-electron chi connectivity index (χ1n) is 7.04. The van der Waals surface area contributed by atoms with Gasteiger partial charge in [0.15, 0.2) is 0 Å². The first kappa shape index (κ1) is 12.4. The van der Waals surface area contributed by atoms with E-state index in [2.05, 4.69) is 37.9 Å². The maximum absolute atomic E-state index is 3.77. The van der Waals surface area contributed by atoms with Gasteiger partial charge in [0.05, 0.1) is 0 Å². The smallest absolute Gasteiger partial charge is 0.0309 e. The Morgan fingerprint density at radius 2 is 1.94 bits per heavy atom. The SMILES string of the molecule is CCC(C)(CC)N1CCNC(C)(C2CC2)C1. The van der Waals surface area contributed by atoms with Crippen LogP contribution in [-0.4, -0.2) is 35.6 Å². The fourth-order valence-electron chi connectivity index (χ4n) is 3.16. The molecule has 1 atom stereocenters. The molecule has 0 aromatic rings. The van der Waals surface area contributed by atoms with Gasteiger partial charge in [-0.05, 0) is 45.4 Å². The molecule has 1 saturated carbocycles. The Morgan fingerprint density at radius 3 is 2.44 bits per heavy atom.